The molecule has 0 bridgehead atoms. The van der Waals surface area contributed by atoms with Crippen molar-refractivity contribution in [3.63, 3.8) is 0 Å². The number of aryl methyl sites for hydroxylation is 2. The van der Waals surface area contributed by atoms with Crippen molar-refractivity contribution in [3.8, 4) is 0 Å². The highest BCUT2D eigenvalue weighted by molar-refractivity contribution is 4.87. The summed E-state index contributed by atoms with van der Waals surface area (Å²) in [6, 6.07) is 0. The lowest BCUT2D eigenvalue weighted by Crippen LogP contribution is -1.98. The summed E-state index contributed by atoms with van der Waals surface area (Å²) in [6.45, 7) is -0.131. The van der Waals surface area contributed by atoms with E-state index in [1.54, 1.807) is 0 Å². The van der Waals surface area contributed by atoms with E-state index in [-0.39, 0.29) is 12.4 Å². The maximum atomic E-state index is 7.75. The third kappa shape index (κ3) is 0.916. The van der Waals surface area contributed by atoms with E-state index < -0.39 is 25.5 Å². The molecule has 0 aromatic carbocycles. The lowest BCUT2D eigenvalue weighted by Gasteiger charge is -1.97. The van der Waals surface area contributed by atoms with E-state index in [0.29, 0.717) is 0 Å². The minimum Gasteiger partial charge on any atom is -0.318 e. The van der Waals surface area contributed by atoms with Crippen LogP contribution in [0, 0.1) is 0 Å². The Labute approximate surface area is 68.5 Å². The van der Waals surface area contributed by atoms with Crippen LogP contribution in [0.25, 0.3) is 0 Å². The minimum absolute atomic E-state index is 0.131. The molecule has 0 radical (unpaired) electrons. The second-order valence-corrected chi connectivity index (χ2v) is 2.01. The quantitative estimate of drug-likeness (QED) is 0.542. The Morgan fingerprint density at radius 1 is 1.60 bits per heavy atom. The van der Waals surface area contributed by atoms with Crippen LogP contribution >= 0.6 is 0 Å². The van der Waals surface area contributed by atoms with Crippen molar-refractivity contribution in [1.29, 1.82) is 0 Å². The van der Waals surface area contributed by atoms with Crippen LogP contribution in [-0.2, 0) is 12.9 Å². The molecule has 54 valence electrons. The van der Waals surface area contributed by atoms with Gasteiger partial charge >= 0.3 is 0 Å². The van der Waals surface area contributed by atoms with Gasteiger partial charge < -0.3 is 4.57 Å². The van der Waals surface area contributed by atoms with Crippen molar-refractivity contribution < 1.29 is 8.22 Å². The molecule has 2 rings (SSSR count). The zero-order chi connectivity index (χ0) is 12.2. The maximum absolute atomic E-state index is 7.75. The second kappa shape index (κ2) is 2.40. The van der Waals surface area contributed by atoms with E-state index in [0.717, 1.165) is 0 Å². The molecule has 0 fully saturated rings. The molecular weight excluding hydrogens is 126 g/mol. The molecule has 0 amide bonds. The van der Waals surface area contributed by atoms with Gasteiger partial charge in [0.05, 0.1) is 0 Å². The van der Waals surface area contributed by atoms with E-state index in [1.165, 1.54) is 10.9 Å². The van der Waals surface area contributed by atoms with Gasteiger partial charge in [0.2, 0.25) is 0 Å². The highest BCUT2D eigenvalue weighted by Crippen LogP contribution is 2.10. The normalized spacial score (nSPS) is 42.0. The topological polar surface area (TPSA) is 30.7 Å². The summed E-state index contributed by atoms with van der Waals surface area (Å²) in [7, 11) is 0. The lowest BCUT2D eigenvalue weighted by molar-refractivity contribution is 0.632. The van der Waals surface area contributed by atoms with Crippen molar-refractivity contribution in [2.75, 3.05) is 0 Å². The fourth-order valence-electron chi connectivity index (χ4n) is 0.830. The van der Waals surface area contributed by atoms with E-state index in [2.05, 4.69) is 10.2 Å². The van der Waals surface area contributed by atoms with Gasteiger partial charge in [-0.15, -0.1) is 10.2 Å². The van der Waals surface area contributed by atoms with Crippen LogP contribution in [0.1, 0.15) is 33.2 Å². The fourth-order valence-corrected chi connectivity index (χ4v) is 0.830. The van der Waals surface area contributed by atoms with Crippen molar-refractivity contribution in [2.24, 2.45) is 0 Å². The highest BCUT2D eigenvalue weighted by Gasteiger charge is 2.06. The molecule has 3 nitrogen and oxygen atoms in total. The molecule has 1 aliphatic rings. The molecule has 0 N–H and O–H groups in total. The summed E-state index contributed by atoms with van der Waals surface area (Å²) in [5.41, 5.74) is 0. The molecule has 0 atom stereocenters. The molecule has 10 heavy (non-hydrogen) atoms. The molecule has 0 spiro atoms. The third-order valence-corrected chi connectivity index (χ3v) is 1.31. The first kappa shape index (κ1) is 2.32. The van der Waals surface area contributed by atoms with E-state index in [9.17, 15) is 0 Å². The number of fused-ring (bicyclic) bond motifs is 1. The molecule has 0 saturated carbocycles. The number of rotatable bonds is 0. The Morgan fingerprint density at radius 2 is 2.60 bits per heavy atom. The predicted octanol–water partition coefficient (Wildman–Crippen LogP) is 1.00. The van der Waals surface area contributed by atoms with Gasteiger partial charge in [-0.1, -0.05) is 6.42 Å². The SMILES string of the molecule is [2H]C1([2H])Cn2cnnc2C([2H])([2H])C([2H])([2H])C1. The van der Waals surface area contributed by atoms with Crippen LogP contribution in [0.5, 0.6) is 0 Å². The highest BCUT2D eigenvalue weighted by atomic mass is 15.3. The van der Waals surface area contributed by atoms with Crippen molar-refractivity contribution in [2.45, 2.75) is 32.1 Å². The first-order chi connectivity index (χ1) is 7.16. The number of aromatic nitrogens is 3. The molecule has 1 aliphatic heterocycles. The van der Waals surface area contributed by atoms with Gasteiger partial charge in [0.1, 0.15) is 12.2 Å². The zero-order valence-electron chi connectivity index (χ0n) is 11.3. The number of hydrogen-bond donors (Lipinski definition) is 0. The maximum Gasteiger partial charge on any atom is 0.132 e. The van der Waals surface area contributed by atoms with Gasteiger partial charge in [-0.2, -0.15) is 0 Å². The van der Waals surface area contributed by atoms with Crippen LogP contribution < -0.4 is 0 Å². The number of hydrogen-bond acceptors (Lipinski definition) is 2. The van der Waals surface area contributed by atoms with Gasteiger partial charge in [0, 0.05) is 21.1 Å². The molecule has 0 saturated heterocycles. The minimum atomic E-state index is -2.34. The van der Waals surface area contributed by atoms with Crippen molar-refractivity contribution >= 4 is 0 Å². The van der Waals surface area contributed by atoms with E-state index in [4.69, 9.17) is 8.22 Å². The summed E-state index contributed by atoms with van der Waals surface area (Å²) < 4.78 is 47.4. The first-order valence-corrected chi connectivity index (χ1v) is 3.04. The fraction of sp³-hybridized carbons (Fsp3) is 0.714. The van der Waals surface area contributed by atoms with Crippen molar-refractivity contribution in [3.05, 3.63) is 12.2 Å². The number of nitrogens with zero attached hydrogens (tertiary/aromatic N) is 3. The Balaban J connectivity index is 2.59. The Bertz CT molecular complexity index is 412. The van der Waals surface area contributed by atoms with Crippen LogP contribution in [0.4, 0.5) is 0 Å². The van der Waals surface area contributed by atoms with Crippen LogP contribution in [-0.4, -0.2) is 14.8 Å². The molecule has 2 heterocycles. The van der Waals surface area contributed by atoms with Gasteiger partial charge in [-0.3, -0.25) is 0 Å². The van der Waals surface area contributed by atoms with Crippen LogP contribution in [0.15, 0.2) is 6.33 Å². The van der Waals surface area contributed by atoms with Gasteiger partial charge in [-0.25, -0.2) is 0 Å². The lowest BCUT2D eigenvalue weighted by atomic mass is 10.2. The summed E-state index contributed by atoms with van der Waals surface area (Å²) in [6.07, 6.45) is -5.74. The standard InChI is InChI=1S/C7H11N3/c1-2-4-7-9-8-6-10(7)5-3-1/h6H,1-5H2/i2D2,3D2,4D2. The molecule has 0 unspecified atom stereocenters. The smallest absolute Gasteiger partial charge is 0.132 e. The Morgan fingerprint density at radius 3 is 3.60 bits per heavy atom. The summed E-state index contributed by atoms with van der Waals surface area (Å²) in [5, 5.41) is 7.07. The van der Waals surface area contributed by atoms with E-state index >= 15 is 0 Å². The van der Waals surface area contributed by atoms with Crippen LogP contribution in [0.3, 0.4) is 0 Å². The monoisotopic (exact) mass is 143 g/mol. The summed E-state index contributed by atoms with van der Waals surface area (Å²) in [5.74, 6) is -0.154. The molecule has 1 aromatic heterocycles. The van der Waals surface area contributed by atoms with Gasteiger partial charge in [0.25, 0.3) is 0 Å². The Hall–Kier alpha value is -0.860. The first-order valence-electron chi connectivity index (χ1n) is 6.04. The average molecular weight is 143 g/mol. The van der Waals surface area contributed by atoms with Gasteiger partial charge in [0.15, 0.2) is 0 Å². The molecular formula is C7H11N3. The summed E-state index contributed by atoms with van der Waals surface area (Å²) in [4.78, 5) is 0. The van der Waals surface area contributed by atoms with E-state index in [1.807, 2.05) is 0 Å². The molecule has 0 aliphatic carbocycles. The predicted molar refractivity (Wildman–Crippen MR) is 37.6 cm³/mol. The largest absolute Gasteiger partial charge is 0.318 e. The Kier molecular flexibility index (Phi) is 0.559. The van der Waals surface area contributed by atoms with Gasteiger partial charge in [-0.05, 0) is 12.7 Å². The third-order valence-electron chi connectivity index (χ3n) is 1.31. The zero-order valence-corrected chi connectivity index (χ0v) is 5.33. The average Bonchev–Trinajstić information content (AvgIpc) is 2.46. The van der Waals surface area contributed by atoms with Crippen molar-refractivity contribution in [1.82, 2.24) is 14.8 Å². The van der Waals surface area contributed by atoms with Crippen LogP contribution in [0.2, 0.25) is 0 Å². The molecule has 3 heteroatoms. The summed E-state index contributed by atoms with van der Waals surface area (Å²) >= 11 is 0. The second-order valence-electron chi connectivity index (χ2n) is 2.01. The molecule has 1 aromatic rings.